The zero-order valence-electron chi connectivity index (χ0n) is 18.8. The van der Waals surface area contributed by atoms with Gasteiger partial charge in [0.2, 0.25) is 17.7 Å². The van der Waals surface area contributed by atoms with E-state index in [1.165, 1.54) is 24.3 Å². The molecule has 0 unspecified atom stereocenters. The predicted molar refractivity (Wildman–Crippen MR) is 128 cm³/mol. The van der Waals surface area contributed by atoms with Crippen molar-refractivity contribution in [2.45, 2.75) is 32.4 Å². The molecule has 0 bridgehead atoms. The second-order valence-corrected chi connectivity index (χ2v) is 7.92. The number of H-pyrrole nitrogens is 1. The fraction of sp³-hybridized carbons (Fsp3) is 0.208. The molecule has 0 fully saturated rings. The average molecular weight is 460 g/mol. The van der Waals surface area contributed by atoms with E-state index in [2.05, 4.69) is 31.0 Å². The van der Waals surface area contributed by atoms with Crippen molar-refractivity contribution < 1.29 is 14.4 Å². The van der Waals surface area contributed by atoms with Crippen LogP contribution in [0.3, 0.4) is 0 Å². The van der Waals surface area contributed by atoms with Crippen LogP contribution in [0.25, 0.3) is 10.9 Å². The summed E-state index contributed by atoms with van der Waals surface area (Å²) < 4.78 is 1.46. The lowest BCUT2D eigenvalue weighted by atomic mass is 10.0. The number of carbonyl (C=O) groups is 3. The Morgan fingerprint density at radius 1 is 1.00 bits per heavy atom. The van der Waals surface area contributed by atoms with Crippen molar-refractivity contribution >= 4 is 40.0 Å². The normalized spacial score (nSPS) is 12.6. The third kappa shape index (κ3) is 5.29. The van der Waals surface area contributed by atoms with Gasteiger partial charge in [-0.2, -0.15) is 5.10 Å². The molecule has 0 saturated heterocycles. The van der Waals surface area contributed by atoms with Crippen molar-refractivity contribution in [2.24, 2.45) is 0 Å². The molecule has 0 saturated carbocycles. The first-order valence-electron chi connectivity index (χ1n) is 10.8. The third-order valence-corrected chi connectivity index (χ3v) is 5.43. The largest absolute Gasteiger partial charge is 0.361 e. The van der Waals surface area contributed by atoms with Crippen molar-refractivity contribution in [1.29, 1.82) is 0 Å². The topological polar surface area (TPSA) is 134 Å². The molecule has 10 nitrogen and oxygen atoms in total. The number of hydrogen-bond acceptors (Lipinski definition) is 5. The van der Waals surface area contributed by atoms with Crippen LogP contribution in [0.4, 0.5) is 11.4 Å². The van der Waals surface area contributed by atoms with Crippen LogP contribution in [0.1, 0.15) is 25.5 Å². The molecule has 174 valence electrons. The first-order valence-corrected chi connectivity index (χ1v) is 10.8. The SMILES string of the molecule is CC(=O)N[C@H](Cc1c[nH]c2ccccc12)C(=O)Nc1ccc(NC(=O)[C@H](C)n2cncn2)cc1. The molecule has 0 radical (unpaired) electrons. The average Bonchev–Trinajstić information content (AvgIpc) is 3.50. The van der Waals surface area contributed by atoms with Gasteiger partial charge in [-0.05, 0) is 42.8 Å². The number of para-hydroxylation sites is 1. The second kappa shape index (κ2) is 9.99. The quantitative estimate of drug-likeness (QED) is 0.321. The first-order chi connectivity index (χ1) is 16.4. The van der Waals surface area contributed by atoms with Gasteiger partial charge in [0, 0.05) is 41.8 Å². The summed E-state index contributed by atoms with van der Waals surface area (Å²) in [6.07, 6.45) is 5.03. The number of nitrogens with one attached hydrogen (secondary N) is 4. The number of carbonyl (C=O) groups excluding carboxylic acids is 3. The Morgan fingerprint density at radius 3 is 2.32 bits per heavy atom. The van der Waals surface area contributed by atoms with E-state index in [0.717, 1.165) is 16.5 Å². The van der Waals surface area contributed by atoms with Crippen molar-refractivity contribution in [3.63, 3.8) is 0 Å². The Morgan fingerprint density at radius 2 is 1.68 bits per heavy atom. The van der Waals surface area contributed by atoms with E-state index in [1.54, 1.807) is 31.2 Å². The summed E-state index contributed by atoms with van der Waals surface area (Å²) in [5, 5.41) is 13.3. The number of fused-ring (bicyclic) bond motifs is 1. The van der Waals surface area contributed by atoms with Crippen LogP contribution >= 0.6 is 0 Å². The molecular weight excluding hydrogens is 434 g/mol. The summed E-state index contributed by atoms with van der Waals surface area (Å²) in [5.74, 6) is -0.872. The Balaban J connectivity index is 1.41. The van der Waals surface area contributed by atoms with E-state index in [9.17, 15) is 14.4 Å². The van der Waals surface area contributed by atoms with Crippen LogP contribution in [0.15, 0.2) is 67.4 Å². The minimum Gasteiger partial charge on any atom is -0.361 e. The van der Waals surface area contributed by atoms with E-state index >= 15 is 0 Å². The summed E-state index contributed by atoms with van der Waals surface area (Å²) in [5.41, 5.74) is 3.02. The van der Waals surface area contributed by atoms with Gasteiger partial charge >= 0.3 is 0 Å². The highest BCUT2D eigenvalue weighted by Gasteiger charge is 2.22. The van der Waals surface area contributed by atoms with Gasteiger partial charge in [0.25, 0.3) is 0 Å². The molecule has 2 aromatic carbocycles. The standard InChI is InChI=1S/C24H25N7O3/c1-15(31-14-25-13-27-31)23(33)29-18-7-9-19(10-8-18)30-24(34)22(28-16(2)32)11-17-12-26-21-6-4-3-5-20(17)21/h3-10,12-15,22,26H,11H2,1-2H3,(H,28,32)(H,29,33)(H,30,34)/t15-,22+/m0/s1. The molecule has 4 rings (SSSR count). The Kier molecular flexibility index (Phi) is 6.67. The number of aromatic nitrogens is 4. The van der Waals surface area contributed by atoms with Gasteiger partial charge in [-0.1, -0.05) is 18.2 Å². The summed E-state index contributed by atoms with van der Waals surface area (Å²) in [7, 11) is 0. The molecule has 2 atom stereocenters. The number of anilines is 2. The summed E-state index contributed by atoms with van der Waals surface area (Å²) in [6, 6.07) is 13.3. The van der Waals surface area contributed by atoms with Crippen LogP contribution in [-0.2, 0) is 20.8 Å². The highest BCUT2D eigenvalue weighted by Crippen LogP contribution is 2.20. The molecule has 0 spiro atoms. The molecule has 34 heavy (non-hydrogen) atoms. The highest BCUT2D eigenvalue weighted by atomic mass is 16.2. The number of aromatic amines is 1. The summed E-state index contributed by atoms with van der Waals surface area (Å²) >= 11 is 0. The smallest absolute Gasteiger partial charge is 0.249 e. The van der Waals surface area contributed by atoms with Gasteiger partial charge in [-0.3, -0.25) is 14.4 Å². The van der Waals surface area contributed by atoms with E-state index in [0.29, 0.717) is 17.8 Å². The predicted octanol–water partition coefficient (Wildman–Crippen LogP) is 2.65. The minimum absolute atomic E-state index is 0.244. The van der Waals surface area contributed by atoms with E-state index in [-0.39, 0.29) is 17.7 Å². The first kappa shape index (κ1) is 22.7. The zero-order valence-corrected chi connectivity index (χ0v) is 18.8. The molecular formula is C24H25N7O3. The van der Waals surface area contributed by atoms with Gasteiger partial charge in [-0.15, -0.1) is 0 Å². The molecule has 2 aromatic heterocycles. The van der Waals surface area contributed by atoms with E-state index in [4.69, 9.17) is 0 Å². The van der Waals surface area contributed by atoms with Crippen LogP contribution in [0, 0.1) is 0 Å². The molecule has 0 aliphatic heterocycles. The lowest BCUT2D eigenvalue weighted by Gasteiger charge is -2.18. The maximum atomic E-state index is 13.0. The summed E-state index contributed by atoms with van der Waals surface area (Å²) in [4.78, 5) is 44.1. The van der Waals surface area contributed by atoms with Gasteiger partial charge < -0.3 is 20.9 Å². The van der Waals surface area contributed by atoms with Gasteiger partial charge in [0.1, 0.15) is 24.7 Å². The maximum absolute atomic E-state index is 13.0. The molecule has 4 N–H and O–H groups in total. The fourth-order valence-electron chi connectivity index (χ4n) is 3.63. The minimum atomic E-state index is -0.750. The van der Waals surface area contributed by atoms with Crippen molar-refractivity contribution in [3.8, 4) is 0 Å². The van der Waals surface area contributed by atoms with Crippen molar-refractivity contribution in [3.05, 3.63) is 72.9 Å². The van der Waals surface area contributed by atoms with Gasteiger partial charge in [0.15, 0.2) is 0 Å². The summed E-state index contributed by atoms with van der Waals surface area (Å²) in [6.45, 7) is 3.10. The number of rotatable bonds is 8. The van der Waals surface area contributed by atoms with Gasteiger partial charge in [0.05, 0.1) is 0 Å². The zero-order chi connectivity index (χ0) is 24.1. The number of benzene rings is 2. The monoisotopic (exact) mass is 459 g/mol. The molecule has 2 heterocycles. The Hall–Kier alpha value is -4.47. The molecule has 0 aliphatic rings. The third-order valence-electron chi connectivity index (χ3n) is 5.43. The molecule has 10 heteroatoms. The lowest BCUT2D eigenvalue weighted by molar-refractivity contribution is -0.125. The van der Waals surface area contributed by atoms with Crippen molar-refractivity contribution in [2.75, 3.05) is 10.6 Å². The van der Waals surface area contributed by atoms with Crippen LogP contribution in [0.2, 0.25) is 0 Å². The van der Waals surface area contributed by atoms with Crippen LogP contribution in [-0.4, -0.2) is 43.5 Å². The van der Waals surface area contributed by atoms with Gasteiger partial charge in [-0.25, -0.2) is 9.67 Å². The lowest BCUT2D eigenvalue weighted by Crippen LogP contribution is -2.44. The molecule has 3 amide bonds. The van der Waals surface area contributed by atoms with Crippen LogP contribution < -0.4 is 16.0 Å². The number of amides is 3. The molecule has 4 aromatic rings. The van der Waals surface area contributed by atoms with Crippen molar-refractivity contribution in [1.82, 2.24) is 25.1 Å². The fourth-order valence-corrected chi connectivity index (χ4v) is 3.63. The van der Waals surface area contributed by atoms with Crippen LogP contribution in [0.5, 0.6) is 0 Å². The number of hydrogen-bond donors (Lipinski definition) is 4. The molecule has 0 aliphatic carbocycles. The second-order valence-electron chi connectivity index (χ2n) is 7.92. The Labute approximate surface area is 195 Å². The Bertz CT molecular complexity index is 1300. The highest BCUT2D eigenvalue weighted by molar-refractivity contribution is 5.98. The van der Waals surface area contributed by atoms with E-state index in [1.807, 2.05) is 30.5 Å². The maximum Gasteiger partial charge on any atom is 0.249 e. The number of nitrogens with zero attached hydrogens (tertiary/aromatic N) is 3. The van der Waals surface area contributed by atoms with E-state index < -0.39 is 12.1 Å².